The average Bonchev–Trinajstić information content (AvgIpc) is 2.37. The van der Waals surface area contributed by atoms with Gasteiger partial charge in [-0.25, -0.2) is 0 Å². The first-order chi connectivity index (χ1) is 8.36. The van der Waals surface area contributed by atoms with Gasteiger partial charge in [0.2, 0.25) is 0 Å². The van der Waals surface area contributed by atoms with Crippen LogP contribution in [-0.2, 0) is 4.74 Å². The van der Waals surface area contributed by atoms with Crippen LogP contribution in [0.1, 0.15) is 0 Å². The number of methoxy groups -OCH3 is 1. The average molecular weight is 258 g/mol. The van der Waals surface area contributed by atoms with E-state index >= 15 is 0 Å². The molecule has 0 aliphatic heterocycles. The number of halogens is 1. The second kappa shape index (κ2) is 9.28. The van der Waals surface area contributed by atoms with E-state index in [2.05, 4.69) is 4.90 Å². The van der Waals surface area contributed by atoms with Crippen molar-refractivity contribution < 1.29 is 9.47 Å². The maximum Gasteiger partial charge on any atom is 0.119 e. The molecule has 3 nitrogen and oxygen atoms in total. The van der Waals surface area contributed by atoms with Crippen molar-refractivity contribution in [3.8, 4) is 5.75 Å². The molecule has 96 valence electrons. The Morgan fingerprint density at radius 2 is 1.76 bits per heavy atom. The summed E-state index contributed by atoms with van der Waals surface area (Å²) in [4.78, 5) is 2.24. The smallest absolute Gasteiger partial charge is 0.119 e. The number of alkyl halides is 1. The molecule has 0 atom stereocenters. The summed E-state index contributed by atoms with van der Waals surface area (Å²) in [5.41, 5.74) is 0. The highest BCUT2D eigenvalue weighted by Gasteiger charge is 2.03. The van der Waals surface area contributed by atoms with Gasteiger partial charge in [-0.15, -0.1) is 11.6 Å². The van der Waals surface area contributed by atoms with E-state index in [4.69, 9.17) is 21.1 Å². The lowest BCUT2D eigenvalue weighted by atomic mass is 10.3. The second-order valence-electron chi connectivity index (χ2n) is 3.68. The van der Waals surface area contributed by atoms with Crippen LogP contribution in [0.5, 0.6) is 5.75 Å². The Hall–Kier alpha value is -0.770. The van der Waals surface area contributed by atoms with Gasteiger partial charge in [-0.05, 0) is 12.1 Å². The first kappa shape index (κ1) is 14.3. The topological polar surface area (TPSA) is 21.7 Å². The van der Waals surface area contributed by atoms with Gasteiger partial charge in [0.15, 0.2) is 0 Å². The van der Waals surface area contributed by atoms with Crippen LogP contribution in [0.25, 0.3) is 0 Å². The number of rotatable bonds is 9. The van der Waals surface area contributed by atoms with Crippen molar-refractivity contribution in [2.75, 3.05) is 45.8 Å². The van der Waals surface area contributed by atoms with Gasteiger partial charge < -0.3 is 9.47 Å². The summed E-state index contributed by atoms with van der Waals surface area (Å²) in [5.74, 6) is 1.54. The Labute approximate surface area is 108 Å². The van der Waals surface area contributed by atoms with Crippen LogP contribution < -0.4 is 4.74 Å². The van der Waals surface area contributed by atoms with Gasteiger partial charge >= 0.3 is 0 Å². The molecular weight excluding hydrogens is 238 g/mol. The highest BCUT2D eigenvalue weighted by molar-refractivity contribution is 6.18. The maximum absolute atomic E-state index is 5.75. The van der Waals surface area contributed by atoms with E-state index in [0.29, 0.717) is 12.5 Å². The largest absolute Gasteiger partial charge is 0.492 e. The summed E-state index contributed by atoms with van der Waals surface area (Å²) in [7, 11) is 1.71. The van der Waals surface area contributed by atoms with Crippen molar-refractivity contribution >= 4 is 11.6 Å². The molecule has 1 rings (SSSR count). The van der Waals surface area contributed by atoms with E-state index in [0.717, 1.165) is 32.0 Å². The molecule has 0 bridgehead atoms. The molecule has 0 amide bonds. The number of para-hydroxylation sites is 1. The van der Waals surface area contributed by atoms with E-state index in [-0.39, 0.29) is 0 Å². The minimum atomic E-state index is 0.634. The molecule has 0 spiro atoms. The van der Waals surface area contributed by atoms with Gasteiger partial charge in [0.25, 0.3) is 0 Å². The van der Waals surface area contributed by atoms with Gasteiger partial charge in [-0.2, -0.15) is 0 Å². The molecular formula is C13H20ClNO2. The molecule has 0 heterocycles. The fraction of sp³-hybridized carbons (Fsp3) is 0.538. The molecule has 1 aromatic rings. The van der Waals surface area contributed by atoms with Gasteiger partial charge in [0.05, 0.1) is 6.61 Å². The zero-order valence-electron chi connectivity index (χ0n) is 10.3. The van der Waals surface area contributed by atoms with E-state index in [1.165, 1.54) is 0 Å². The van der Waals surface area contributed by atoms with Crippen molar-refractivity contribution in [2.24, 2.45) is 0 Å². The van der Waals surface area contributed by atoms with Crippen molar-refractivity contribution in [3.63, 3.8) is 0 Å². The van der Waals surface area contributed by atoms with E-state index < -0.39 is 0 Å². The number of hydrogen-bond acceptors (Lipinski definition) is 3. The van der Waals surface area contributed by atoms with Crippen molar-refractivity contribution in [3.05, 3.63) is 30.3 Å². The van der Waals surface area contributed by atoms with Crippen LogP contribution in [0.2, 0.25) is 0 Å². The standard InChI is InChI=1S/C13H20ClNO2/c1-16-11-9-15(8-7-14)10-12-17-13-5-3-2-4-6-13/h2-6H,7-12H2,1H3. The number of ether oxygens (including phenoxy) is 2. The van der Waals surface area contributed by atoms with E-state index in [9.17, 15) is 0 Å². The summed E-state index contributed by atoms with van der Waals surface area (Å²) in [5, 5.41) is 0. The minimum Gasteiger partial charge on any atom is -0.492 e. The lowest BCUT2D eigenvalue weighted by Crippen LogP contribution is -2.33. The third-order valence-electron chi connectivity index (χ3n) is 2.43. The van der Waals surface area contributed by atoms with Crippen LogP contribution >= 0.6 is 11.6 Å². The molecule has 0 unspecified atom stereocenters. The summed E-state index contributed by atoms with van der Waals surface area (Å²) in [6, 6.07) is 9.83. The Balaban J connectivity index is 2.22. The predicted molar refractivity (Wildman–Crippen MR) is 71.0 cm³/mol. The fourth-order valence-electron chi connectivity index (χ4n) is 1.48. The van der Waals surface area contributed by atoms with Crippen LogP contribution in [0, 0.1) is 0 Å². The predicted octanol–water partition coefficient (Wildman–Crippen LogP) is 2.25. The normalized spacial score (nSPS) is 10.8. The zero-order chi connectivity index (χ0) is 12.3. The fourth-order valence-corrected chi connectivity index (χ4v) is 1.72. The lowest BCUT2D eigenvalue weighted by Gasteiger charge is -2.20. The van der Waals surface area contributed by atoms with Crippen LogP contribution in [0.15, 0.2) is 30.3 Å². The van der Waals surface area contributed by atoms with Crippen LogP contribution in [0.4, 0.5) is 0 Å². The van der Waals surface area contributed by atoms with Crippen molar-refractivity contribution in [2.45, 2.75) is 0 Å². The first-order valence-electron chi connectivity index (χ1n) is 5.82. The highest BCUT2D eigenvalue weighted by Crippen LogP contribution is 2.07. The molecule has 1 aromatic carbocycles. The lowest BCUT2D eigenvalue weighted by molar-refractivity contribution is 0.139. The molecule has 4 heteroatoms. The zero-order valence-corrected chi connectivity index (χ0v) is 11.0. The van der Waals surface area contributed by atoms with Crippen molar-refractivity contribution in [1.29, 1.82) is 0 Å². The summed E-state index contributed by atoms with van der Waals surface area (Å²) in [6.07, 6.45) is 0. The molecule has 0 aliphatic rings. The Bertz CT molecular complexity index is 282. The SMILES string of the molecule is COCCN(CCCl)CCOc1ccccc1. The summed E-state index contributed by atoms with van der Waals surface area (Å²) in [6.45, 7) is 4.02. The van der Waals surface area contributed by atoms with Gasteiger partial charge in [-0.3, -0.25) is 4.90 Å². The highest BCUT2D eigenvalue weighted by atomic mass is 35.5. The first-order valence-corrected chi connectivity index (χ1v) is 6.35. The Kier molecular flexibility index (Phi) is 7.80. The third kappa shape index (κ3) is 6.51. The van der Waals surface area contributed by atoms with Crippen LogP contribution in [0.3, 0.4) is 0 Å². The monoisotopic (exact) mass is 257 g/mol. The second-order valence-corrected chi connectivity index (χ2v) is 4.06. The minimum absolute atomic E-state index is 0.634. The quantitative estimate of drug-likeness (QED) is 0.634. The number of benzene rings is 1. The summed E-state index contributed by atoms with van der Waals surface area (Å²) >= 11 is 5.75. The molecule has 0 saturated heterocycles. The van der Waals surface area contributed by atoms with E-state index in [1.807, 2.05) is 30.3 Å². The molecule has 0 N–H and O–H groups in total. The molecule has 0 radical (unpaired) electrons. The third-order valence-corrected chi connectivity index (χ3v) is 2.60. The van der Waals surface area contributed by atoms with Crippen LogP contribution in [-0.4, -0.2) is 50.7 Å². The summed E-state index contributed by atoms with van der Waals surface area (Å²) < 4.78 is 10.7. The molecule has 0 aromatic heterocycles. The molecule has 0 fully saturated rings. The van der Waals surface area contributed by atoms with Gasteiger partial charge in [0.1, 0.15) is 12.4 Å². The van der Waals surface area contributed by atoms with Gasteiger partial charge in [0, 0.05) is 32.6 Å². The molecule has 0 saturated carbocycles. The number of hydrogen-bond donors (Lipinski definition) is 0. The maximum atomic E-state index is 5.75. The van der Waals surface area contributed by atoms with Crippen molar-refractivity contribution in [1.82, 2.24) is 4.90 Å². The Morgan fingerprint density at radius 1 is 1.06 bits per heavy atom. The Morgan fingerprint density at radius 3 is 2.41 bits per heavy atom. The van der Waals surface area contributed by atoms with E-state index in [1.54, 1.807) is 7.11 Å². The van der Waals surface area contributed by atoms with Gasteiger partial charge in [-0.1, -0.05) is 18.2 Å². The molecule has 17 heavy (non-hydrogen) atoms. The molecule has 0 aliphatic carbocycles. The number of nitrogens with zero attached hydrogens (tertiary/aromatic N) is 1.